The third-order valence-electron chi connectivity index (χ3n) is 8.74. The van der Waals surface area contributed by atoms with Crippen molar-refractivity contribution >= 4 is 69.1 Å². The lowest BCUT2D eigenvalue weighted by molar-refractivity contribution is -0.137. The first-order valence-electron chi connectivity index (χ1n) is 18.9. The van der Waals surface area contributed by atoms with E-state index in [9.17, 15) is 63.0 Å². The number of aliphatic hydroxyl groups excluding tert-OH is 3. The second-order valence-corrected chi connectivity index (χ2v) is 19.7. The van der Waals surface area contributed by atoms with Crippen molar-refractivity contribution in [2.75, 3.05) is 37.8 Å². The molecule has 0 spiro atoms. The standard InChI is InChI=1S/C33H54N7O18P3S/c1-4-5-6-7-8-9-10-11-21(41)16-24(43)62-15-14-35-23(42)12-13-36-31(46)28(45)33(2,3)18-55-61(52,53)58-60(50,51)54-17-22-27(57-59(47,48)49)26(44)32(56-22)40-20-39-25-29(34)37-19-38-30(25)40/h4-5,8-9,19-22,26-28,32,41,44-45H,6-7,10-18H2,1-3H3,(H,35,42)(H,36,46)(H,50,51)(H,52,53)(H2,34,37,38)(H2,47,48,49)/b5-4+,9-8+. The van der Waals surface area contributed by atoms with Crippen molar-refractivity contribution in [2.24, 2.45) is 5.41 Å². The van der Waals surface area contributed by atoms with E-state index in [0.717, 1.165) is 41.8 Å². The molecule has 2 amide bonds. The number of amides is 2. The van der Waals surface area contributed by atoms with Crippen molar-refractivity contribution in [3.63, 3.8) is 0 Å². The minimum atomic E-state index is -5.59. The number of unbranched alkanes of at least 4 members (excludes halogenated alkanes) is 1. The van der Waals surface area contributed by atoms with Crippen molar-refractivity contribution in [2.45, 2.75) is 96.0 Å². The first-order chi connectivity index (χ1) is 28.9. The Labute approximate surface area is 360 Å². The molecule has 2 aromatic rings. The lowest BCUT2D eigenvalue weighted by Gasteiger charge is -2.30. The van der Waals surface area contributed by atoms with Gasteiger partial charge < -0.3 is 56.0 Å². The number of nitrogens with zero attached hydrogens (tertiary/aromatic N) is 4. The molecule has 62 heavy (non-hydrogen) atoms. The van der Waals surface area contributed by atoms with E-state index >= 15 is 0 Å². The minimum absolute atomic E-state index is 0.0209. The van der Waals surface area contributed by atoms with Crippen molar-refractivity contribution in [3.05, 3.63) is 37.0 Å². The Bertz CT molecular complexity index is 2020. The summed E-state index contributed by atoms with van der Waals surface area (Å²) in [4.78, 5) is 88.0. The fourth-order valence-electron chi connectivity index (χ4n) is 5.53. The number of thioether (sulfide) groups is 1. The molecule has 3 heterocycles. The van der Waals surface area contributed by atoms with Crippen LogP contribution in [0.15, 0.2) is 37.0 Å². The number of aliphatic hydroxyl groups is 3. The van der Waals surface area contributed by atoms with Gasteiger partial charge in [0, 0.05) is 37.1 Å². The number of nitrogen functional groups attached to an aromatic ring is 1. The Morgan fingerprint density at radius 3 is 2.37 bits per heavy atom. The second-order valence-electron chi connectivity index (χ2n) is 14.3. The number of carbonyl (C=O) groups is 3. The van der Waals surface area contributed by atoms with Gasteiger partial charge in [0.2, 0.25) is 11.8 Å². The summed E-state index contributed by atoms with van der Waals surface area (Å²) < 4.78 is 62.2. The van der Waals surface area contributed by atoms with Gasteiger partial charge in [0.15, 0.2) is 22.8 Å². The summed E-state index contributed by atoms with van der Waals surface area (Å²) >= 11 is 0.966. The largest absolute Gasteiger partial charge is 0.481 e. The number of carbonyl (C=O) groups excluding carboxylic acids is 3. The zero-order valence-electron chi connectivity index (χ0n) is 33.9. The summed E-state index contributed by atoms with van der Waals surface area (Å²) in [6.45, 7) is 2.30. The molecule has 29 heteroatoms. The van der Waals surface area contributed by atoms with Crippen LogP contribution in [0.4, 0.5) is 5.82 Å². The van der Waals surface area contributed by atoms with Gasteiger partial charge in [-0.05, 0) is 32.6 Å². The molecule has 1 aliphatic heterocycles. The highest BCUT2D eigenvalue weighted by atomic mass is 32.2. The van der Waals surface area contributed by atoms with E-state index in [-0.39, 0.29) is 53.8 Å². The van der Waals surface area contributed by atoms with Gasteiger partial charge in [0.05, 0.1) is 25.6 Å². The predicted molar refractivity (Wildman–Crippen MR) is 220 cm³/mol. The van der Waals surface area contributed by atoms with Gasteiger partial charge in [-0.3, -0.25) is 32.5 Å². The van der Waals surface area contributed by atoms with Crippen molar-refractivity contribution in [3.8, 4) is 0 Å². The monoisotopic (exact) mass is 961 g/mol. The first-order valence-corrected chi connectivity index (χ1v) is 24.4. The molecule has 0 aromatic carbocycles. The van der Waals surface area contributed by atoms with Gasteiger partial charge in [0.1, 0.15) is 36.3 Å². The summed E-state index contributed by atoms with van der Waals surface area (Å²) in [7, 11) is -16.4. The molecule has 1 fully saturated rings. The molecule has 0 radical (unpaired) electrons. The van der Waals surface area contributed by atoms with Crippen LogP contribution < -0.4 is 16.4 Å². The average molecular weight is 962 g/mol. The maximum absolute atomic E-state index is 12.7. The Kier molecular flexibility index (Phi) is 20.9. The number of rotatable bonds is 27. The van der Waals surface area contributed by atoms with Crippen molar-refractivity contribution in [1.29, 1.82) is 0 Å². The summed E-state index contributed by atoms with van der Waals surface area (Å²) in [6, 6.07) is 0. The maximum atomic E-state index is 12.7. The summed E-state index contributed by atoms with van der Waals surface area (Å²) in [6.07, 6.45) is 3.18. The molecule has 350 valence electrons. The number of anilines is 1. The quantitative estimate of drug-likeness (QED) is 0.0340. The number of ether oxygens (including phenoxy) is 1. The summed E-state index contributed by atoms with van der Waals surface area (Å²) in [5, 5.41) is 36.3. The molecule has 2 aromatic heterocycles. The van der Waals surface area contributed by atoms with Gasteiger partial charge in [-0.15, -0.1) is 0 Å². The molecule has 0 aliphatic carbocycles. The maximum Gasteiger partial charge on any atom is 0.481 e. The topological polar surface area (TPSA) is 384 Å². The second kappa shape index (κ2) is 24.3. The highest BCUT2D eigenvalue weighted by Gasteiger charge is 2.50. The fraction of sp³-hybridized carbons (Fsp3) is 0.636. The van der Waals surface area contributed by atoms with E-state index in [0.29, 0.717) is 12.8 Å². The van der Waals surface area contributed by atoms with Crippen molar-refractivity contribution in [1.82, 2.24) is 30.2 Å². The summed E-state index contributed by atoms with van der Waals surface area (Å²) in [5.74, 6) is -1.26. The van der Waals surface area contributed by atoms with Crippen LogP contribution in [0.3, 0.4) is 0 Å². The number of nitrogens with two attached hydrogens (primary N) is 1. The number of hydrogen-bond acceptors (Lipinski definition) is 19. The summed E-state index contributed by atoms with van der Waals surface area (Å²) in [5.41, 5.74) is 4.24. The van der Waals surface area contributed by atoms with E-state index in [2.05, 4.69) is 40.5 Å². The molecule has 11 N–H and O–H groups in total. The highest BCUT2D eigenvalue weighted by molar-refractivity contribution is 8.13. The third-order valence-corrected chi connectivity index (χ3v) is 12.7. The van der Waals surface area contributed by atoms with Gasteiger partial charge in [-0.2, -0.15) is 4.31 Å². The fourth-order valence-corrected chi connectivity index (χ4v) is 9.10. The van der Waals surface area contributed by atoms with E-state index in [4.69, 9.17) is 19.5 Å². The zero-order valence-corrected chi connectivity index (χ0v) is 37.4. The molecule has 1 aliphatic rings. The Morgan fingerprint density at radius 2 is 1.68 bits per heavy atom. The Balaban J connectivity index is 1.40. The Hall–Kier alpha value is -3.00. The lowest BCUT2D eigenvalue weighted by Crippen LogP contribution is -2.46. The van der Waals surface area contributed by atoms with Gasteiger partial charge >= 0.3 is 23.5 Å². The molecule has 0 saturated carbocycles. The van der Waals surface area contributed by atoms with Gasteiger partial charge in [0.25, 0.3) is 0 Å². The van der Waals surface area contributed by atoms with Gasteiger partial charge in [-0.1, -0.05) is 49.9 Å². The molecule has 8 unspecified atom stereocenters. The van der Waals surface area contributed by atoms with Crippen LogP contribution in [-0.4, -0.2) is 134 Å². The van der Waals surface area contributed by atoms with Crippen LogP contribution in [0, 0.1) is 5.41 Å². The average Bonchev–Trinajstić information content (AvgIpc) is 3.74. The number of fused-ring (bicyclic) bond motifs is 1. The SMILES string of the molecule is C/C=C/CC/C=C/CCC(O)CC(=O)SCCNC(=O)CCNC(=O)C(O)C(C)(C)COP(=O)(O)OP(=O)(O)OCC1OC(n2cnc3c(N)ncnc32)C(O)C1OP(=O)(O)O. The normalized spacial score (nSPS) is 21.5. The molecular formula is C33H54N7O18P3S. The third kappa shape index (κ3) is 17.9. The number of allylic oxidation sites excluding steroid dienone is 4. The number of phosphoric ester groups is 3. The molecule has 0 bridgehead atoms. The molecule has 8 atom stereocenters. The van der Waals surface area contributed by atoms with Crippen LogP contribution in [0.25, 0.3) is 11.2 Å². The van der Waals surface area contributed by atoms with E-state index < -0.39 is 90.7 Å². The minimum Gasteiger partial charge on any atom is -0.393 e. The van der Waals surface area contributed by atoms with Crippen LogP contribution in [0.1, 0.15) is 65.5 Å². The van der Waals surface area contributed by atoms with Crippen LogP contribution >= 0.6 is 35.2 Å². The first kappa shape index (κ1) is 53.3. The molecule has 25 nitrogen and oxygen atoms in total. The van der Waals surface area contributed by atoms with Crippen LogP contribution in [0.2, 0.25) is 0 Å². The number of nitrogens with one attached hydrogen (secondary N) is 2. The molecule has 1 saturated heterocycles. The Morgan fingerprint density at radius 1 is 1.00 bits per heavy atom. The zero-order chi connectivity index (χ0) is 46.3. The van der Waals surface area contributed by atoms with Crippen molar-refractivity contribution < 1.29 is 85.6 Å². The van der Waals surface area contributed by atoms with Gasteiger partial charge in [-0.25, -0.2) is 28.6 Å². The smallest absolute Gasteiger partial charge is 0.393 e. The van der Waals surface area contributed by atoms with Crippen LogP contribution in [-0.2, 0) is 50.7 Å². The molecular weight excluding hydrogens is 907 g/mol. The molecule has 3 rings (SSSR count). The van der Waals surface area contributed by atoms with E-state index in [1.54, 1.807) is 0 Å². The predicted octanol–water partition coefficient (Wildman–Crippen LogP) is 1.11. The number of hydrogen-bond donors (Lipinski definition) is 10. The van der Waals surface area contributed by atoms with E-state index in [1.165, 1.54) is 13.8 Å². The number of imidazole rings is 1. The lowest BCUT2D eigenvalue weighted by atomic mass is 9.87. The highest BCUT2D eigenvalue weighted by Crippen LogP contribution is 2.61. The number of phosphoric acid groups is 3. The van der Waals surface area contributed by atoms with Crippen LogP contribution in [0.5, 0.6) is 0 Å². The van der Waals surface area contributed by atoms with E-state index in [1.807, 2.05) is 25.2 Å². The number of aromatic nitrogens is 4.